The molecular weight excluding hydrogens is 955 g/mol. The molecule has 0 bridgehead atoms. The van der Waals surface area contributed by atoms with Crippen molar-refractivity contribution in [1.82, 2.24) is 47.7 Å². The van der Waals surface area contributed by atoms with Crippen LogP contribution in [0, 0.1) is 5.41 Å². The number of carbonyl (C=O) groups is 9. The molecule has 7 atom stereocenters. The highest BCUT2D eigenvalue weighted by atomic mass is 16.7. The predicted molar refractivity (Wildman–Crippen MR) is 277 cm³/mol. The van der Waals surface area contributed by atoms with Crippen molar-refractivity contribution in [3.05, 3.63) is 71.9 Å². The fraction of sp³-hybridized carbons (Fsp3) is 0.529. The number of hydrogen-bond acceptors (Lipinski definition) is 12. The molecular formula is C51H75N13O10. The van der Waals surface area contributed by atoms with Gasteiger partial charge in [-0.15, -0.1) is 0 Å². The van der Waals surface area contributed by atoms with Crippen LogP contribution < -0.4 is 59.9 Å². The van der Waals surface area contributed by atoms with Gasteiger partial charge in [-0.1, -0.05) is 89.1 Å². The maximum Gasteiger partial charge on any atom is 0.324 e. The van der Waals surface area contributed by atoms with E-state index in [2.05, 4.69) is 52.7 Å². The summed E-state index contributed by atoms with van der Waals surface area (Å²) in [6.45, 7) is 8.40. The summed E-state index contributed by atoms with van der Waals surface area (Å²) in [6.07, 6.45) is 3.32. The number of unbranched alkanes of at least 4 members (excludes halogenated alkanes) is 1. The van der Waals surface area contributed by atoms with E-state index in [1.807, 2.05) is 31.2 Å². The summed E-state index contributed by atoms with van der Waals surface area (Å²) in [5.41, 5.74) is 20.6. The first kappa shape index (κ1) is 59.0. The first-order valence-electron chi connectivity index (χ1n) is 25.1. The molecule has 0 spiro atoms. The number of nitrogens with one attached hydrogen (secondary N) is 9. The Morgan fingerprint density at radius 1 is 0.770 bits per heavy atom. The van der Waals surface area contributed by atoms with E-state index in [4.69, 9.17) is 22.0 Å². The lowest BCUT2D eigenvalue weighted by molar-refractivity contribution is -0.151. The van der Waals surface area contributed by atoms with Gasteiger partial charge >= 0.3 is 5.97 Å². The Bertz CT molecular complexity index is 2440. The maximum absolute atomic E-state index is 14.7. The van der Waals surface area contributed by atoms with Gasteiger partial charge in [-0.2, -0.15) is 5.48 Å². The quantitative estimate of drug-likeness (QED) is 0.0549. The first-order chi connectivity index (χ1) is 35.2. The number of aromatic nitrogens is 1. The van der Waals surface area contributed by atoms with E-state index in [-0.39, 0.29) is 70.4 Å². The lowest BCUT2D eigenvalue weighted by atomic mass is 9.85. The number of hydroxylamine groups is 1. The summed E-state index contributed by atoms with van der Waals surface area (Å²) >= 11 is 0. The van der Waals surface area contributed by atoms with Crippen LogP contribution in [0.25, 0.3) is 10.9 Å². The van der Waals surface area contributed by atoms with Gasteiger partial charge in [0, 0.05) is 56.4 Å². The highest BCUT2D eigenvalue weighted by Gasteiger charge is 2.38. The summed E-state index contributed by atoms with van der Waals surface area (Å²) in [7, 11) is 0. The Kier molecular flexibility index (Phi) is 23.3. The fourth-order valence-electron chi connectivity index (χ4n) is 8.29. The zero-order chi connectivity index (χ0) is 54.4. The van der Waals surface area contributed by atoms with Crippen LogP contribution in [0.2, 0.25) is 0 Å². The van der Waals surface area contributed by atoms with E-state index in [1.54, 1.807) is 57.3 Å². The van der Waals surface area contributed by atoms with Gasteiger partial charge in [0.1, 0.15) is 42.3 Å². The van der Waals surface area contributed by atoms with Crippen LogP contribution >= 0.6 is 0 Å². The molecule has 2 aromatic carbocycles. The number of H-pyrrole nitrogens is 1. The number of aliphatic imine (C=N–C) groups is 1. The van der Waals surface area contributed by atoms with Crippen molar-refractivity contribution in [2.75, 3.05) is 13.1 Å². The number of para-hydroxylation sites is 1. The SMILES string of the molecule is CCCC[C@H](NC(C)=O)C(=O)N[C@H]1CCC(=O)ONCCCC[C@@H](C(N)=O)NC(=O)[C@H](Cc2c[nH]c3ccccc23)NC(=O)[C@H](CCCN=C(N)N)NC(=O)[C@@H](Cc2ccccc2)NC(=O)[C@H](C(C)(C)C)NC1=O. The summed E-state index contributed by atoms with van der Waals surface area (Å²) in [5, 5.41) is 19.9. The lowest BCUT2D eigenvalue weighted by Crippen LogP contribution is -2.62. The van der Waals surface area contributed by atoms with E-state index < -0.39 is 101 Å². The number of nitrogens with two attached hydrogens (primary N) is 3. The zero-order valence-electron chi connectivity index (χ0n) is 43.0. The Labute approximate surface area is 431 Å². The average Bonchev–Trinajstić information content (AvgIpc) is 3.75. The van der Waals surface area contributed by atoms with Gasteiger partial charge in [0.15, 0.2) is 5.96 Å². The lowest BCUT2D eigenvalue weighted by Gasteiger charge is -2.33. The third-order valence-corrected chi connectivity index (χ3v) is 12.3. The minimum atomic E-state index is -1.41. The number of primary amides is 1. The number of nitrogens with zero attached hydrogens (tertiary/aromatic N) is 1. The molecule has 0 radical (unpaired) electrons. The number of benzene rings is 2. The monoisotopic (exact) mass is 1030 g/mol. The van der Waals surface area contributed by atoms with Crippen LogP contribution in [0.1, 0.15) is 110 Å². The van der Waals surface area contributed by atoms with Crippen molar-refractivity contribution in [3.8, 4) is 0 Å². The second-order valence-corrected chi connectivity index (χ2v) is 19.5. The molecule has 404 valence electrons. The maximum atomic E-state index is 14.7. The topological polar surface area (TPSA) is 365 Å². The van der Waals surface area contributed by atoms with E-state index in [9.17, 15) is 43.2 Å². The van der Waals surface area contributed by atoms with Gasteiger partial charge in [-0.3, -0.25) is 48.1 Å². The van der Waals surface area contributed by atoms with Crippen molar-refractivity contribution in [3.63, 3.8) is 0 Å². The molecule has 1 fully saturated rings. The van der Waals surface area contributed by atoms with Gasteiger partial charge < -0.3 is 64.2 Å². The van der Waals surface area contributed by atoms with Crippen LogP contribution in [0.5, 0.6) is 0 Å². The molecule has 1 aliphatic rings. The molecule has 8 amide bonds. The third-order valence-electron chi connectivity index (χ3n) is 12.3. The van der Waals surface area contributed by atoms with Crippen molar-refractivity contribution in [2.45, 2.75) is 154 Å². The third kappa shape index (κ3) is 19.5. The van der Waals surface area contributed by atoms with Crippen molar-refractivity contribution >= 4 is 70.1 Å². The normalized spacial score (nSPS) is 21.9. The Hall–Kier alpha value is -7.56. The molecule has 2 heterocycles. The van der Waals surface area contributed by atoms with Crippen LogP contribution in [-0.2, 0) is 60.8 Å². The summed E-state index contributed by atoms with van der Waals surface area (Å²) in [5.74, 6) is -6.92. The number of fused-ring (bicyclic) bond motifs is 1. The minimum absolute atomic E-state index is 0.0407. The number of hydrogen-bond donors (Lipinski definition) is 12. The number of guanidine groups is 1. The number of rotatable bonds is 15. The molecule has 15 N–H and O–H groups in total. The molecule has 74 heavy (non-hydrogen) atoms. The van der Waals surface area contributed by atoms with Crippen LogP contribution in [0.15, 0.2) is 65.8 Å². The molecule has 23 heteroatoms. The highest BCUT2D eigenvalue weighted by molar-refractivity contribution is 5.98. The van der Waals surface area contributed by atoms with Crippen LogP contribution in [-0.4, -0.2) is 120 Å². The van der Waals surface area contributed by atoms with Crippen LogP contribution in [0.3, 0.4) is 0 Å². The number of aromatic amines is 1. The highest BCUT2D eigenvalue weighted by Crippen LogP contribution is 2.22. The smallest absolute Gasteiger partial charge is 0.324 e. The summed E-state index contributed by atoms with van der Waals surface area (Å²) in [4.78, 5) is 137. The Morgan fingerprint density at radius 3 is 2.09 bits per heavy atom. The molecule has 0 aliphatic carbocycles. The largest absolute Gasteiger partial charge is 0.371 e. The zero-order valence-corrected chi connectivity index (χ0v) is 43.0. The first-order valence-corrected chi connectivity index (χ1v) is 25.1. The minimum Gasteiger partial charge on any atom is -0.371 e. The molecule has 1 aliphatic heterocycles. The molecule has 4 rings (SSSR count). The average molecular weight is 1030 g/mol. The van der Waals surface area contributed by atoms with Gasteiger partial charge in [0.2, 0.25) is 47.3 Å². The second kappa shape index (κ2) is 29.2. The number of amides is 8. The fourth-order valence-corrected chi connectivity index (χ4v) is 8.29. The second-order valence-electron chi connectivity index (χ2n) is 19.5. The van der Waals surface area contributed by atoms with Crippen molar-refractivity contribution in [2.24, 2.45) is 27.6 Å². The van der Waals surface area contributed by atoms with Gasteiger partial charge in [-0.25, -0.2) is 0 Å². The molecule has 1 aromatic heterocycles. The molecule has 1 saturated heterocycles. The van der Waals surface area contributed by atoms with Crippen molar-refractivity contribution in [1.29, 1.82) is 0 Å². The molecule has 23 nitrogen and oxygen atoms in total. The standard InChI is InChI=1S/C51H75N13O10/c1-6-7-19-36(58-30(2)65)44(68)61-38-23-24-41(66)74-57-26-14-13-21-35(43(52)67)59-48(72)40(28-32-29-56-34-20-12-11-18-33(32)34)62-45(69)37(22-15-25-55-50(53)54)60-47(71)39(27-31-16-9-8-10-17-31)63-49(73)42(51(3,4)5)64-46(38)70/h8-12,16-18,20,29,35-40,42,56-57H,6-7,13-15,19,21-28H2,1-5H3,(H2,52,67)(H,58,65)(H,59,72)(H,60,71)(H,61,68)(H,62,69)(H,63,73)(H,64,70)(H4,53,54,55)/t35-,36-,37-,38-,39+,40-,42+/m0/s1. The van der Waals surface area contributed by atoms with E-state index in [1.165, 1.54) is 6.92 Å². The summed E-state index contributed by atoms with van der Waals surface area (Å²) in [6, 6.07) is 7.11. The molecule has 0 saturated carbocycles. The summed E-state index contributed by atoms with van der Waals surface area (Å²) < 4.78 is 0. The molecule has 0 unspecified atom stereocenters. The van der Waals surface area contributed by atoms with Gasteiger partial charge in [-0.05, 0) is 67.6 Å². The van der Waals surface area contributed by atoms with E-state index >= 15 is 0 Å². The van der Waals surface area contributed by atoms with Gasteiger partial charge in [0.05, 0.1) is 0 Å². The predicted octanol–water partition coefficient (Wildman–Crippen LogP) is 0.154. The van der Waals surface area contributed by atoms with E-state index in [0.717, 1.165) is 10.9 Å². The molecule has 3 aromatic rings. The Morgan fingerprint density at radius 2 is 1.42 bits per heavy atom. The number of carbonyl (C=O) groups excluding carboxylic acids is 9. The Balaban J connectivity index is 1.77. The van der Waals surface area contributed by atoms with Crippen molar-refractivity contribution < 1.29 is 48.0 Å². The van der Waals surface area contributed by atoms with E-state index in [0.29, 0.717) is 36.8 Å². The van der Waals surface area contributed by atoms with Crippen LogP contribution in [0.4, 0.5) is 0 Å². The van der Waals surface area contributed by atoms with Gasteiger partial charge in [0.25, 0.3) is 0 Å².